The Bertz CT molecular complexity index is 695. The predicted octanol–water partition coefficient (Wildman–Crippen LogP) is 3.14. The van der Waals surface area contributed by atoms with Crippen LogP contribution in [0.4, 0.5) is 4.79 Å². The number of carbonyl (C=O) groups is 2. The number of nitrogens with zero attached hydrogens (tertiary/aromatic N) is 1. The molecule has 0 saturated carbocycles. The summed E-state index contributed by atoms with van der Waals surface area (Å²) < 4.78 is 5.31. The first-order chi connectivity index (χ1) is 10.6. The molecule has 6 heteroatoms. The Balaban J connectivity index is 1.62. The molecule has 114 valence electrons. The third kappa shape index (κ3) is 2.96. The van der Waals surface area contributed by atoms with E-state index in [2.05, 4.69) is 0 Å². The fraction of sp³-hybridized carbons (Fsp3) is 0.250. The van der Waals surface area contributed by atoms with Crippen LogP contribution in [0.15, 0.2) is 35.7 Å². The molecule has 0 fully saturated rings. The van der Waals surface area contributed by atoms with Crippen molar-refractivity contribution in [3.05, 3.63) is 57.3 Å². The second-order valence-corrected chi connectivity index (χ2v) is 6.03. The van der Waals surface area contributed by atoms with Gasteiger partial charge < -0.3 is 14.7 Å². The summed E-state index contributed by atoms with van der Waals surface area (Å²) in [5, 5.41) is 10.8. The average molecular weight is 317 g/mol. The van der Waals surface area contributed by atoms with Crippen molar-refractivity contribution < 1.29 is 19.4 Å². The van der Waals surface area contributed by atoms with Gasteiger partial charge in [0.15, 0.2) is 0 Å². The van der Waals surface area contributed by atoms with Crippen LogP contribution in [-0.4, -0.2) is 28.6 Å². The molecule has 1 aliphatic heterocycles. The van der Waals surface area contributed by atoms with Gasteiger partial charge in [-0.05, 0) is 17.5 Å². The van der Waals surface area contributed by atoms with Crippen LogP contribution in [0.5, 0.6) is 0 Å². The summed E-state index contributed by atoms with van der Waals surface area (Å²) in [5.41, 5.74) is 2.15. The van der Waals surface area contributed by atoms with E-state index in [9.17, 15) is 9.59 Å². The van der Waals surface area contributed by atoms with Gasteiger partial charge in [0.05, 0.1) is 12.1 Å². The minimum absolute atomic E-state index is 0.244. The lowest BCUT2D eigenvalue weighted by molar-refractivity contribution is 0.0695. The van der Waals surface area contributed by atoms with E-state index < -0.39 is 5.97 Å². The standard InChI is InChI=1S/C16H15NO4S/c18-15(19)13-10-22-14-8-17(7-6-12(13)14)16(20)21-9-11-4-2-1-3-5-11/h1-5,10H,6-9H2,(H,18,19). The molecule has 0 radical (unpaired) electrons. The fourth-order valence-corrected chi connectivity index (χ4v) is 3.56. The quantitative estimate of drug-likeness (QED) is 0.944. The molecular weight excluding hydrogens is 302 g/mol. The molecule has 22 heavy (non-hydrogen) atoms. The fourth-order valence-electron chi connectivity index (χ4n) is 2.47. The molecule has 1 amide bonds. The average Bonchev–Trinajstić information content (AvgIpc) is 2.97. The molecule has 1 aliphatic rings. The zero-order valence-corrected chi connectivity index (χ0v) is 12.6. The zero-order valence-electron chi connectivity index (χ0n) is 11.8. The first-order valence-corrected chi connectivity index (χ1v) is 7.81. The maximum Gasteiger partial charge on any atom is 0.410 e. The van der Waals surface area contributed by atoms with Gasteiger partial charge in [0, 0.05) is 16.8 Å². The highest BCUT2D eigenvalue weighted by Crippen LogP contribution is 2.29. The van der Waals surface area contributed by atoms with Gasteiger partial charge >= 0.3 is 12.1 Å². The van der Waals surface area contributed by atoms with Crippen molar-refractivity contribution in [3.8, 4) is 0 Å². The van der Waals surface area contributed by atoms with Crippen molar-refractivity contribution in [1.82, 2.24) is 4.90 Å². The summed E-state index contributed by atoms with van der Waals surface area (Å²) >= 11 is 1.39. The van der Waals surface area contributed by atoms with E-state index in [0.29, 0.717) is 25.1 Å². The van der Waals surface area contributed by atoms with Crippen molar-refractivity contribution in [1.29, 1.82) is 0 Å². The number of carboxylic acids is 1. The van der Waals surface area contributed by atoms with Gasteiger partial charge in [0.25, 0.3) is 0 Å². The molecule has 0 bridgehead atoms. The predicted molar refractivity (Wildman–Crippen MR) is 82.0 cm³/mol. The molecule has 5 nitrogen and oxygen atoms in total. The number of benzene rings is 1. The first kappa shape index (κ1) is 14.6. The third-order valence-electron chi connectivity index (χ3n) is 3.64. The molecule has 0 saturated heterocycles. The second kappa shape index (κ2) is 6.19. The molecule has 1 aromatic heterocycles. The summed E-state index contributed by atoms with van der Waals surface area (Å²) in [5.74, 6) is -0.905. The van der Waals surface area contributed by atoms with Crippen molar-refractivity contribution in [2.75, 3.05) is 6.54 Å². The number of aromatic carboxylic acids is 1. The van der Waals surface area contributed by atoms with Crippen LogP contribution >= 0.6 is 11.3 Å². The maximum atomic E-state index is 12.1. The molecule has 1 aromatic carbocycles. The number of rotatable bonds is 3. The number of ether oxygens (including phenoxy) is 1. The number of fused-ring (bicyclic) bond motifs is 1. The molecule has 2 aromatic rings. The van der Waals surface area contributed by atoms with Gasteiger partial charge in [-0.25, -0.2) is 9.59 Å². The number of hydrogen-bond acceptors (Lipinski definition) is 4. The molecule has 0 unspecified atom stereocenters. The Morgan fingerprint density at radius 3 is 2.77 bits per heavy atom. The second-order valence-electron chi connectivity index (χ2n) is 5.07. The van der Waals surface area contributed by atoms with Crippen LogP contribution in [0.1, 0.15) is 26.4 Å². The summed E-state index contributed by atoms with van der Waals surface area (Å²) in [7, 11) is 0. The normalized spacial score (nSPS) is 13.5. The third-order valence-corrected chi connectivity index (χ3v) is 4.65. The highest BCUT2D eigenvalue weighted by Gasteiger charge is 2.26. The van der Waals surface area contributed by atoms with E-state index in [-0.39, 0.29) is 12.7 Å². The molecule has 0 aliphatic carbocycles. The molecule has 0 atom stereocenters. The Hall–Kier alpha value is -2.34. The maximum absolute atomic E-state index is 12.1. The van der Waals surface area contributed by atoms with E-state index in [1.54, 1.807) is 10.3 Å². The largest absolute Gasteiger partial charge is 0.478 e. The lowest BCUT2D eigenvalue weighted by Gasteiger charge is -2.26. The highest BCUT2D eigenvalue weighted by atomic mass is 32.1. The van der Waals surface area contributed by atoms with Gasteiger partial charge in [0.2, 0.25) is 0 Å². The van der Waals surface area contributed by atoms with Gasteiger partial charge in [0.1, 0.15) is 6.61 Å². The van der Waals surface area contributed by atoms with Gasteiger partial charge in [-0.2, -0.15) is 0 Å². The summed E-state index contributed by atoms with van der Waals surface area (Å²) in [6, 6.07) is 9.51. The number of thiophene rings is 1. The van der Waals surface area contributed by atoms with E-state index in [4.69, 9.17) is 9.84 Å². The molecule has 2 heterocycles. The Labute approximate surface area is 131 Å². The number of hydrogen-bond donors (Lipinski definition) is 1. The van der Waals surface area contributed by atoms with Crippen LogP contribution in [0, 0.1) is 0 Å². The molecular formula is C16H15NO4S. The first-order valence-electron chi connectivity index (χ1n) is 6.93. The van der Waals surface area contributed by atoms with Gasteiger partial charge in [-0.1, -0.05) is 30.3 Å². The van der Waals surface area contributed by atoms with Crippen molar-refractivity contribution >= 4 is 23.4 Å². The molecule has 1 N–H and O–H groups in total. The summed E-state index contributed by atoms with van der Waals surface area (Å²) in [6.07, 6.45) is 0.195. The highest BCUT2D eigenvalue weighted by molar-refractivity contribution is 7.10. The number of carbonyl (C=O) groups excluding carboxylic acids is 1. The molecule has 3 rings (SSSR count). The Kier molecular flexibility index (Phi) is 4.11. The monoisotopic (exact) mass is 317 g/mol. The van der Waals surface area contributed by atoms with E-state index >= 15 is 0 Å². The lowest BCUT2D eigenvalue weighted by Crippen LogP contribution is -2.36. The van der Waals surface area contributed by atoms with Crippen molar-refractivity contribution in [2.45, 2.75) is 19.6 Å². The van der Waals surface area contributed by atoms with Gasteiger partial charge in [-0.3, -0.25) is 0 Å². The van der Waals surface area contributed by atoms with Crippen molar-refractivity contribution in [2.24, 2.45) is 0 Å². The number of carboxylic acid groups (broad SMARTS) is 1. The Morgan fingerprint density at radius 1 is 1.27 bits per heavy atom. The minimum atomic E-state index is -0.905. The van der Waals surface area contributed by atoms with Crippen molar-refractivity contribution in [3.63, 3.8) is 0 Å². The van der Waals surface area contributed by atoms with Crippen LogP contribution < -0.4 is 0 Å². The topological polar surface area (TPSA) is 66.8 Å². The van der Waals surface area contributed by atoms with Gasteiger partial charge in [-0.15, -0.1) is 11.3 Å². The SMILES string of the molecule is O=C(O)c1csc2c1CCN(C(=O)OCc1ccccc1)C2. The van der Waals surface area contributed by atoms with Crippen LogP contribution in [0.25, 0.3) is 0 Å². The van der Waals surface area contributed by atoms with E-state index in [0.717, 1.165) is 16.0 Å². The van der Waals surface area contributed by atoms with Crippen LogP contribution in [0.3, 0.4) is 0 Å². The zero-order chi connectivity index (χ0) is 15.5. The van der Waals surface area contributed by atoms with Crippen LogP contribution in [-0.2, 0) is 24.3 Å². The molecule has 0 spiro atoms. The van der Waals surface area contributed by atoms with E-state index in [1.165, 1.54) is 11.3 Å². The minimum Gasteiger partial charge on any atom is -0.478 e. The van der Waals surface area contributed by atoms with Crippen LogP contribution in [0.2, 0.25) is 0 Å². The Morgan fingerprint density at radius 2 is 2.05 bits per heavy atom. The summed E-state index contributed by atoms with van der Waals surface area (Å²) in [6.45, 7) is 1.15. The summed E-state index contributed by atoms with van der Waals surface area (Å²) in [4.78, 5) is 25.8. The smallest absolute Gasteiger partial charge is 0.410 e. The lowest BCUT2D eigenvalue weighted by atomic mass is 10.0. The number of amides is 1. The van der Waals surface area contributed by atoms with E-state index in [1.807, 2.05) is 30.3 Å².